The fraction of sp³-hybridized carbons (Fsp3) is 0.474. The van der Waals surface area contributed by atoms with E-state index in [1.807, 2.05) is 0 Å². The van der Waals surface area contributed by atoms with E-state index in [9.17, 15) is 9.59 Å². The van der Waals surface area contributed by atoms with Gasteiger partial charge >= 0.3 is 5.97 Å². The van der Waals surface area contributed by atoms with Gasteiger partial charge in [0.1, 0.15) is 19.1 Å². The minimum Gasteiger partial charge on any atom is -0.487 e. The Labute approximate surface area is 168 Å². The minimum atomic E-state index is -0.705. The molecular formula is C19H22Cl2O6. The van der Waals surface area contributed by atoms with Crippen molar-refractivity contribution < 1.29 is 28.5 Å². The molecule has 1 atom stereocenters. The number of ketones is 1. The molecule has 0 aliphatic carbocycles. The molecule has 148 valence electrons. The molecule has 1 heterocycles. The molecule has 2 rings (SSSR count). The van der Waals surface area contributed by atoms with Crippen LogP contribution in [0.4, 0.5) is 0 Å². The number of hydrogen-bond donors (Lipinski definition) is 0. The topological polar surface area (TPSA) is 71.1 Å². The number of halogens is 2. The summed E-state index contributed by atoms with van der Waals surface area (Å²) in [4.78, 5) is 24.2. The Morgan fingerprint density at radius 2 is 2.04 bits per heavy atom. The van der Waals surface area contributed by atoms with Crippen LogP contribution in [-0.2, 0) is 28.5 Å². The van der Waals surface area contributed by atoms with E-state index in [4.69, 9.17) is 42.1 Å². The summed E-state index contributed by atoms with van der Waals surface area (Å²) in [5, 5.41) is 0.627. The maximum Gasteiger partial charge on any atom is 0.313 e. The summed E-state index contributed by atoms with van der Waals surface area (Å²) >= 11 is 12.2. The molecule has 1 aliphatic heterocycles. The molecule has 1 saturated heterocycles. The number of ether oxygens (including phenoxy) is 4. The van der Waals surface area contributed by atoms with Gasteiger partial charge in [-0.05, 0) is 38.5 Å². The molecule has 0 spiro atoms. The third-order valence-corrected chi connectivity index (χ3v) is 4.48. The lowest BCUT2D eigenvalue weighted by atomic mass is 10.1. The first-order valence-electron chi connectivity index (χ1n) is 8.51. The molecule has 0 bridgehead atoms. The maximum atomic E-state index is 12.5. The number of allylic oxidation sites excluding steroid dienone is 1. The Hall–Kier alpha value is -1.60. The zero-order chi connectivity index (χ0) is 20.0. The quantitative estimate of drug-likeness (QED) is 0.275. The summed E-state index contributed by atoms with van der Waals surface area (Å²) in [5.74, 6) is -1.89. The highest BCUT2D eigenvalue weighted by atomic mass is 35.5. The van der Waals surface area contributed by atoms with Crippen LogP contribution in [0.3, 0.4) is 0 Å². The van der Waals surface area contributed by atoms with Crippen molar-refractivity contribution in [2.45, 2.75) is 39.1 Å². The third-order valence-electron chi connectivity index (χ3n) is 3.65. The Kier molecular flexibility index (Phi) is 7.68. The maximum absolute atomic E-state index is 12.5. The van der Waals surface area contributed by atoms with Crippen molar-refractivity contribution in [2.24, 2.45) is 0 Å². The van der Waals surface area contributed by atoms with Crippen LogP contribution < -0.4 is 0 Å². The summed E-state index contributed by atoms with van der Waals surface area (Å²) in [6.07, 6.45) is 0.677. The van der Waals surface area contributed by atoms with Crippen LogP contribution in [0, 0.1) is 0 Å². The van der Waals surface area contributed by atoms with Gasteiger partial charge in [-0.25, -0.2) is 0 Å². The van der Waals surface area contributed by atoms with Crippen LogP contribution >= 0.6 is 23.2 Å². The zero-order valence-electron chi connectivity index (χ0n) is 15.4. The van der Waals surface area contributed by atoms with Crippen molar-refractivity contribution in [1.29, 1.82) is 0 Å². The van der Waals surface area contributed by atoms with E-state index in [0.717, 1.165) is 0 Å². The number of carbonyl (C=O) groups is 2. The zero-order valence-corrected chi connectivity index (χ0v) is 16.9. The third kappa shape index (κ3) is 6.50. The molecule has 0 N–H and O–H groups in total. The van der Waals surface area contributed by atoms with Crippen molar-refractivity contribution in [3.05, 3.63) is 39.6 Å². The van der Waals surface area contributed by atoms with Gasteiger partial charge in [-0.15, -0.1) is 0 Å². The van der Waals surface area contributed by atoms with Crippen molar-refractivity contribution >= 4 is 41.0 Å². The Bertz CT molecular complexity index is 729. The first-order valence-corrected chi connectivity index (χ1v) is 9.26. The molecule has 6 nitrogen and oxygen atoms in total. The van der Waals surface area contributed by atoms with Gasteiger partial charge < -0.3 is 18.9 Å². The van der Waals surface area contributed by atoms with E-state index in [1.54, 1.807) is 39.0 Å². The van der Waals surface area contributed by atoms with E-state index in [2.05, 4.69) is 0 Å². The van der Waals surface area contributed by atoms with E-state index in [-0.39, 0.29) is 30.1 Å². The Morgan fingerprint density at radius 3 is 2.67 bits per heavy atom. The average Bonchev–Trinajstić information content (AvgIpc) is 2.94. The Morgan fingerprint density at radius 1 is 1.30 bits per heavy atom. The predicted octanol–water partition coefficient (Wildman–Crippen LogP) is 4.02. The molecule has 1 aliphatic rings. The van der Waals surface area contributed by atoms with Crippen LogP contribution in [0.1, 0.15) is 32.8 Å². The van der Waals surface area contributed by atoms with Crippen molar-refractivity contribution in [1.82, 2.24) is 0 Å². The number of esters is 1. The Balaban J connectivity index is 2.17. The second kappa shape index (κ2) is 9.55. The average molecular weight is 417 g/mol. The van der Waals surface area contributed by atoms with E-state index in [1.165, 1.54) is 6.08 Å². The lowest BCUT2D eigenvalue weighted by molar-refractivity contribution is -0.146. The van der Waals surface area contributed by atoms with Crippen LogP contribution in [0.15, 0.2) is 24.0 Å². The molecule has 1 aromatic rings. The van der Waals surface area contributed by atoms with Crippen molar-refractivity contribution in [3.8, 4) is 0 Å². The summed E-state index contributed by atoms with van der Waals surface area (Å²) < 4.78 is 21.6. The van der Waals surface area contributed by atoms with Crippen molar-refractivity contribution in [3.63, 3.8) is 0 Å². The molecule has 1 unspecified atom stereocenters. The molecule has 0 radical (unpaired) electrons. The molecule has 0 saturated carbocycles. The summed E-state index contributed by atoms with van der Waals surface area (Å²) in [6.45, 7) is 5.87. The molecule has 1 fully saturated rings. The molecular weight excluding hydrogens is 395 g/mol. The number of rotatable bonds is 8. The van der Waals surface area contributed by atoms with Gasteiger partial charge in [0.05, 0.1) is 23.3 Å². The number of benzene rings is 1. The molecule has 8 heteroatoms. The van der Waals surface area contributed by atoms with E-state index in [0.29, 0.717) is 17.2 Å². The van der Waals surface area contributed by atoms with Gasteiger partial charge in [-0.1, -0.05) is 35.3 Å². The fourth-order valence-electron chi connectivity index (χ4n) is 2.43. The van der Waals surface area contributed by atoms with Crippen LogP contribution in [0.2, 0.25) is 10.0 Å². The highest BCUT2D eigenvalue weighted by Gasteiger charge is 2.33. The summed E-state index contributed by atoms with van der Waals surface area (Å²) in [5.41, 5.74) is 0.500. The smallest absolute Gasteiger partial charge is 0.313 e. The highest BCUT2D eigenvalue weighted by Crippen LogP contribution is 2.28. The first kappa shape index (κ1) is 21.7. The lowest BCUT2D eigenvalue weighted by Crippen LogP contribution is -2.25. The van der Waals surface area contributed by atoms with Gasteiger partial charge in [-0.3, -0.25) is 9.59 Å². The SMILES string of the molecule is CCOC(=O)CC(=O)C(=Cc1cccc(Cl)c1Cl)OCC1COC(C)(C)O1. The fourth-order valence-corrected chi connectivity index (χ4v) is 2.80. The summed E-state index contributed by atoms with van der Waals surface area (Å²) in [6, 6.07) is 5.02. The second-order valence-electron chi connectivity index (χ2n) is 6.32. The van der Waals surface area contributed by atoms with Crippen LogP contribution in [-0.4, -0.2) is 43.5 Å². The minimum absolute atomic E-state index is 0.0273. The predicted molar refractivity (Wildman–Crippen MR) is 102 cm³/mol. The van der Waals surface area contributed by atoms with Crippen molar-refractivity contribution in [2.75, 3.05) is 19.8 Å². The van der Waals surface area contributed by atoms with Gasteiger partial charge in [0.25, 0.3) is 0 Å². The standard InChI is InChI=1S/C19H22Cl2O6/c1-4-24-17(23)9-15(22)16(8-12-6-5-7-14(20)18(12)21)25-10-13-11-26-19(2,3)27-13/h5-8,13H,4,9-11H2,1-3H3. The highest BCUT2D eigenvalue weighted by molar-refractivity contribution is 6.42. The molecule has 0 amide bonds. The largest absolute Gasteiger partial charge is 0.487 e. The normalized spacial score (nSPS) is 19.0. The second-order valence-corrected chi connectivity index (χ2v) is 7.10. The monoisotopic (exact) mass is 416 g/mol. The molecule has 0 aromatic heterocycles. The van der Waals surface area contributed by atoms with Gasteiger partial charge in [0, 0.05) is 0 Å². The number of carbonyl (C=O) groups excluding carboxylic acids is 2. The lowest BCUT2D eigenvalue weighted by Gasteiger charge is -2.18. The number of hydrogen-bond acceptors (Lipinski definition) is 6. The molecule has 1 aromatic carbocycles. The van der Waals surface area contributed by atoms with Gasteiger partial charge in [0.2, 0.25) is 5.78 Å². The molecule has 27 heavy (non-hydrogen) atoms. The van der Waals surface area contributed by atoms with Crippen LogP contribution in [0.5, 0.6) is 0 Å². The van der Waals surface area contributed by atoms with Gasteiger partial charge in [-0.2, -0.15) is 0 Å². The summed E-state index contributed by atoms with van der Waals surface area (Å²) in [7, 11) is 0. The van der Waals surface area contributed by atoms with Crippen LogP contribution in [0.25, 0.3) is 6.08 Å². The first-order chi connectivity index (χ1) is 12.7. The van der Waals surface area contributed by atoms with E-state index < -0.39 is 24.0 Å². The van der Waals surface area contributed by atoms with E-state index >= 15 is 0 Å². The van der Waals surface area contributed by atoms with Gasteiger partial charge in [0.15, 0.2) is 11.5 Å². The number of Topliss-reactive ketones (excluding diaryl/α,β-unsaturated/α-hetero) is 1.